The Kier molecular flexibility index (Phi) is 7.38. The van der Waals surface area contributed by atoms with Gasteiger partial charge in [-0.15, -0.1) is 0 Å². The Bertz CT molecular complexity index is 1650. The Morgan fingerprint density at radius 1 is 1.14 bits per heavy atom. The van der Waals surface area contributed by atoms with E-state index in [1.807, 2.05) is 35.2 Å². The van der Waals surface area contributed by atoms with Crippen LogP contribution in [0.3, 0.4) is 0 Å². The highest BCUT2D eigenvalue weighted by Gasteiger charge is 2.32. The summed E-state index contributed by atoms with van der Waals surface area (Å²) in [7, 11) is 1.87. The van der Waals surface area contributed by atoms with Crippen LogP contribution in [0.1, 0.15) is 61.5 Å². The Morgan fingerprint density at radius 2 is 1.98 bits per heavy atom. The van der Waals surface area contributed by atoms with Crippen molar-refractivity contribution < 1.29 is 18.3 Å². The van der Waals surface area contributed by atoms with Crippen LogP contribution in [-0.2, 0) is 22.5 Å². The number of rotatable bonds is 6. The lowest BCUT2D eigenvalue weighted by Gasteiger charge is -2.29. The monoisotopic (exact) mass is 589 g/mol. The smallest absolute Gasteiger partial charge is 0.264 e. The Labute approximate surface area is 249 Å². The summed E-state index contributed by atoms with van der Waals surface area (Å²) in [5.41, 5.74) is 4.97. The maximum Gasteiger partial charge on any atom is 0.264 e. The number of ether oxygens (including phenoxy) is 1. The summed E-state index contributed by atoms with van der Waals surface area (Å²) in [4.78, 5) is 20.4. The molecule has 0 bridgehead atoms. The molecule has 9 nitrogen and oxygen atoms in total. The molecule has 6 heterocycles. The van der Waals surface area contributed by atoms with Gasteiger partial charge in [-0.2, -0.15) is 5.10 Å². The largest absolute Gasteiger partial charge is 0.381 e. The number of amides is 1. The van der Waals surface area contributed by atoms with Crippen LogP contribution in [0.2, 0.25) is 0 Å². The predicted octanol–water partition coefficient (Wildman–Crippen LogP) is 5.40. The normalized spacial score (nSPS) is 19.4. The molecule has 43 heavy (non-hydrogen) atoms. The lowest BCUT2D eigenvalue weighted by molar-refractivity contribution is -0.129. The Balaban J connectivity index is 1.30. The number of anilines is 2. The van der Waals surface area contributed by atoms with Crippen LogP contribution in [0, 0.1) is 0 Å². The maximum absolute atomic E-state index is 14.8. The van der Waals surface area contributed by atoms with Crippen molar-refractivity contribution in [3.63, 3.8) is 0 Å². The molecule has 2 fully saturated rings. The van der Waals surface area contributed by atoms with Gasteiger partial charge in [0.1, 0.15) is 0 Å². The molecular formula is C32H37F2N7O2. The van der Waals surface area contributed by atoms with Crippen LogP contribution in [-0.4, -0.2) is 70.0 Å². The van der Waals surface area contributed by atoms with E-state index in [2.05, 4.69) is 19.5 Å². The molecular weight excluding hydrogens is 552 g/mol. The van der Waals surface area contributed by atoms with Gasteiger partial charge in [0.15, 0.2) is 5.82 Å². The minimum Gasteiger partial charge on any atom is -0.381 e. The van der Waals surface area contributed by atoms with E-state index in [1.54, 1.807) is 31.5 Å². The van der Waals surface area contributed by atoms with Crippen molar-refractivity contribution in [3.05, 3.63) is 59.7 Å². The van der Waals surface area contributed by atoms with Crippen molar-refractivity contribution in [1.29, 1.82) is 0 Å². The van der Waals surface area contributed by atoms with Crippen LogP contribution in [0.4, 0.5) is 20.3 Å². The van der Waals surface area contributed by atoms with Gasteiger partial charge in [0, 0.05) is 105 Å². The second-order valence-electron chi connectivity index (χ2n) is 11.8. The van der Waals surface area contributed by atoms with Gasteiger partial charge in [-0.3, -0.25) is 14.5 Å². The molecule has 3 aromatic heterocycles. The highest BCUT2D eigenvalue weighted by molar-refractivity contribution is 5.97. The van der Waals surface area contributed by atoms with Crippen molar-refractivity contribution in [1.82, 2.24) is 29.5 Å². The van der Waals surface area contributed by atoms with Gasteiger partial charge in [-0.25, -0.2) is 8.78 Å². The van der Waals surface area contributed by atoms with Crippen molar-refractivity contribution in [2.75, 3.05) is 44.8 Å². The predicted molar refractivity (Wildman–Crippen MR) is 161 cm³/mol. The van der Waals surface area contributed by atoms with E-state index in [4.69, 9.17) is 9.84 Å². The van der Waals surface area contributed by atoms with Gasteiger partial charge < -0.3 is 24.4 Å². The van der Waals surface area contributed by atoms with Gasteiger partial charge in [-0.1, -0.05) is 6.07 Å². The van der Waals surface area contributed by atoms with Gasteiger partial charge in [-0.05, 0) is 49.6 Å². The SMILES string of the molecule is CC(=O)N1CCc2c(c(N(C)c3ccc(-c4cn([C@@H]5CCNC5)c5ccncc45)c(C(F)F)c3)nn2C2CCOCC2)C1. The highest BCUT2D eigenvalue weighted by Crippen LogP contribution is 2.41. The van der Waals surface area contributed by atoms with Gasteiger partial charge >= 0.3 is 0 Å². The fourth-order valence-electron chi connectivity index (χ4n) is 7.00. The van der Waals surface area contributed by atoms with Crippen molar-refractivity contribution >= 4 is 28.3 Å². The standard InChI is InChI=1S/C32H37F2N7O2/c1-20(42)39-12-7-30-28(18-39)32(37-41(30)21-8-13-43-14-9-21)38(2)22-3-4-24(25(15-22)31(33)34)27-19-40(23-5-10-35-16-23)29-6-11-36-17-26(27)29/h3-4,6,11,15,17,19,21,23,31,35H,5,7-10,12-14,16,18H2,1-2H3/t23-/m1/s1. The number of nitrogens with one attached hydrogen (secondary N) is 1. The lowest BCUT2D eigenvalue weighted by Crippen LogP contribution is -2.35. The Morgan fingerprint density at radius 3 is 2.72 bits per heavy atom. The molecule has 0 radical (unpaired) electrons. The molecule has 0 aliphatic carbocycles. The topological polar surface area (TPSA) is 80.5 Å². The van der Waals surface area contributed by atoms with Crippen LogP contribution in [0.15, 0.2) is 42.9 Å². The molecule has 4 aromatic rings. The fraction of sp³-hybridized carbons (Fsp3) is 0.469. The molecule has 1 atom stereocenters. The van der Waals surface area contributed by atoms with E-state index in [0.29, 0.717) is 49.8 Å². The number of alkyl halides is 2. The van der Waals surface area contributed by atoms with Crippen LogP contribution >= 0.6 is 0 Å². The fourth-order valence-corrected chi connectivity index (χ4v) is 7.00. The van der Waals surface area contributed by atoms with Gasteiger partial charge in [0.2, 0.25) is 5.91 Å². The third-order valence-corrected chi connectivity index (χ3v) is 9.37. The first-order valence-electron chi connectivity index (χ1n) is 15.2. The number of hydrogen-bond donors (Lipinski definition) is 1. The third kappa shape index (κ3) is 4.98. The molecule has 3 aliphatic rings. The van der Waals surface area contributed by atoms with E-state index < -0.39 is 6.43 Å². The van der Waals surface area contributed by atoms with Gasteiger partial charge in [0.25, 0.3) is 6.43 Å². The van der Waals surface area contributed by atoms with E-state index in [-0.39, 0.29) is 23.6 Å². The molecule has 0 saturated carbocycles. The molecule has 0 unspecified atom stereocenters. The van der Waals surface area contributed by atoms with Gasteiger partial charge in [0.05, 0.1) is 18.1 Å². The lowest BCUT2D eigenvalue weighted by atomic mass is 9.98. The van der Waals surface area contributed by atoms with Crippen molar-refractivity contribution in [2.45, 2.75) is 57.7 Å². The minimum absolute atomic E-state index is 0.0180. The first-order chi connectivity index (χ1) is 20.9. The zero-order chi connectivity index (χ0) is 29.7. The summed E-state index contributed by atoms with van der Waals surface area (Å²) >= 11 is 0. The molecule has 1 aromatic carbocycles. The average molecular weight is 590 g/mol. The number of carbonyl (C=O) groups is 1. The van der Waals surface area contributed by atoms with Crippen molar-refractivity contribution in [2.24, 2.45) is 0 Å². The zero-order valence-electron chi connectivity index (χ0n) is 24.6. The second kappa shape index (κ2) is 11.3. The Hall–Kier alpha value is -3.83. The minimum atomic E-state index is -2.67. The van der Waals surface area contributed by atoms with E-state index in [1.165, 1.54) is 0 Å². The number of halogens is 2. The molecule has 11 heteroatoms. The van der Waals surface area contributed by atoms with E-state index >= 15 is 0 Å². The molecule has 1 amide bonds. The first-order valence-corrected chi connectivity index (χ1v) is 15.2. The molecule has 7 rings (SSSR count). The number of nitrogens with zero attached hydrogens (tertiary/aromatic N) is 6. The molecule has 2 saturated heterocycles. The number of carbonyl (C=O) groups excluding carboxylic acids is 1. The summed E-state index contributed by atoms with van der Waals surface area (Å²) in [6.45, 7) is 5.84. The molecule has 0 spiro atoms. The zero-order valence-corrected chi connectivity index (χ0v) is 24.6. The van der Waals surface area contributed by atoms with Crippen LogP contribution in [0.5, 0.6) is 0 Å². The number of aromatic nitrogens is 4. The van der Waals surface area contributed by atoms with E-state index in [9.17, 15) is 13.6 Å². The number of fused-ring (bicyclic) bond motifs is 2. The molecule has 1 N–H and O–H groups in total. The summed E-state index contributed by atoms with van der Waals surface area (Å²) < 4.78 is 39.5. The molecule has 3 aliphatic heterocycles. The number of hydrogen-bond acceptors (Lipinski definition) is 6. The quantitative estimate of drug-likeness (QED) is 0.325. The van der Waals surface area contributed by atoms with Crippen LogP contribution in [0.25, 0.3) is 22.0 Å². The summed E-state index contributed by atoms with van der Waals surface area (Å²) in [6, 6.07) is 7.73. The number of benzene rings is 1. The summed E-state index contributed by atoms with van der Waals surface area (Å²) in [5.74, 6) is 0.722. The first kappa shape index (κ1) is 28.0. The third-order valence-electron chi connectivity index (χ3n) is 9.37. The molecule has 226 valence electrons. The highest BCUT2D eigenvalue weighted by atomic mass is 19.3. The summed E-state index contributed by atoms with van der Waals surface area (Å²) in [6.07, 6.45) is 6.31. The van der Waals surface area contributed by atoms with Crippen LogP contribution < -0.4 is 10.2 Å². The maximum atomic E-state index is 14.8. The summed E-state index contributed by atoms with van der Waals surface area (Å²) in [5, 5.41) is 9.34. The average Bonchev–Trinajstić information content (AvgIpc) is 3.78. The second-order valence-corrected chi connectivity index (χ2v) is 11.8. The van der Waals surface area contributed by atoms with Crippen molar-refractivity contribution in [3.8, 4) is 11.1 Å². The van der Waals surface area contributed by atoms with E-state index in [0.717, 1.165) is 60.1 Å². The number of pyridine rings is 1.